The number of rotatable bonds is 4. The zero-order chi connectivity index (χ0) is 16.2. The molecule has 1 N–H and O–H groups in total. The Morgan fingerprint density at radius 1 is 1.09 bits per heavy atom. The zero-order valence-corrected chi connectivity index (χ0v) is 13.8. The maximum absolute atomic E-state index is 10.8. The lowest BCUT2D eigenvalue weighted by Crippen LogP contribution is -2.46. The fourth-order valence-corrected chi connectivity index (χ4v) is 2.88. The number of halogens is 2. The third kappa shape index (κ3) is 3.65. The van der Waals surface area contributed by atoms with Gasteiger partial charge < -0.3 is 15.1 Å². The molecule has 2 aromatic rings. The van der Waals surface area contributed by atoms with Crippen LogP contribution in [-0.2, 0) is 4.79 Å². The van der Waals surface area contributed by atoms with Gasteiger partial charge in [-0.05, 0) is 12.1 Å². The third-order valence-electron chi connectivity index (χ3n) is 3.66. The van der Waals surface area contributed by atoms with Crippen molar-refractivity contribution in [1.82, 2.24) is 14.9 Å². The average Bonchev–Trinajstić information content (AvgIpc) is 2.59. The number of anilines is 3. The van der Waals surface area contributed by atoms with Crippen LogP contribution in [0.2, 0.25) is 10.0 Å². The summed E-state index contributed by atoms with van der Waals surface area (Å²) >= 11 is 12.3. The SMILES string of the molecule is O=CN1CCN(c2cc(Nc3c(Cl)cccc3Cl)ncn2)CC1. The van der Waals surface area contributed by atoms with Crippen LogP contribution in [0.25, 0.3) is 0 Å². The Bertz CT molecular complexity index is 684. The van der Waals surface area contributed by atoms with Crippen molar-refractivity contribution in [2.45, 2.75) is 0 Å². The van der Waals surface area contributed by atoms with E-state index >= 15 is 0 Å². The molecule has 0 radical (unpaired) electrons. The van der Waals surface area contributed by atoms with Crippen molar-refractivity contribution in [2.75, 3.05) is 36.4 Å². The van der Waals surface area contributed by atoms with Gasteiger partial charge in [-0.1, -0.05) is 29.3 Å². The minimum absolute atomic E-state index is 0.525. The average molecular weight is 352 g/mol. The summed E-state index contributed by atoms with van der Waals surface area (Å²) in [5, 5.41) is 4.18. The Labute approximate surface area is 144 Å². The highest BCUT2D eigenvalue weighted by Gasteiger charge is 2.17. The molecule has 0 atom stereocenters. The monoisotopic (exact) mass is 351 g/mol. The highest BCUT2D eigenvalue weighted by atomic mass is 35.5. The van der Waals surface area contributed by atoms with Crippen LogP contribution in [0, 0.1) is 0 Å². The van der Waals surface area contributed by atoms with Gasteiger partial charge in [0.1, 0.15) is 18.0 Å². The van der Waals surface area contributed by atoms with Crippen LogP contribution in [0.4, 0.5) is 17.3 Å². The number of amides is 1. The second-order valence-electron chi connectivity index (χ2n) is 5.11. The predicted octanol–water partition coefficient (Wildman–Crippen LogP) is 2.81. The van der Waals surface area contributed by atoms with Crippen LogP contribution < -0.4 is 10.2 Å². The Morgan fingerprint density at radius 2 is 1.78 bits per heavy atom. The number of carbonyl (C=O) groups excluding carboxylic acids is 1. The van der Waals surface area contributed by atoms with Gasteiger partial charge in [0, 0.05) is 32.2 Å². The van der Waals surface area contributed by atoms with Gasteiger partial charge in [-0.25, -0.2) is 9.97 Å². The van der Waals surface area contributed by atoms with Gasteiger partial charge in [-0.3, -0.25) is 4.79 Å². The molecule has 0 spiro atoms. The molecule has 120 valence electrons. The maximum atomic E-state index is 10.8. The van der Waals surface area contributed by atoms with E-state index in [0.29, 0.717) is 34.6 Å². The van der Waals surface area contributed by atoms with Crippen molar-refractivity contribution >= 4 is 46.9 Å². The van der Waals surface area contributed by atoms with Crippen LogP contribution in [0.3, 0.4) is 0 Å². The van der Waals surface area contributed by atoms with Crippen LogP contribution >= 0.6 is 23.2 Å². The zero-order valence-electron chi connectivity index (χ0n) is 12.2. The molecular formula is C15H15Cl2N5O. The lowest BCUT2D eigenvalue weighted by molar-refractivity contribution is -0.118. The van der Waals surface area contributed by atoms with Crippen LogP contribution in [-0.4, -0.2) is 47.5 Å². The number of benzene rings is 1. The molecule has 2 heterocycles. The molecule has 23 heavy (non-hydrogen) atoms. The van der Waals surface area contributed by atoms with Crippen LogP contribution in [0.1, 0.15) is 0 Å². The molecule has 1 aromatic carbocycles. The lowest BCUT2D eigenvalue weighted by Gasteiger charge is -2.33. The van der Waals surface area contributed by atoms with E-state index in [4.69, 9.17) is 23.2 Å². The summed E-state index contributed by atoms with van der Waals surface area (Å²) < 4.78 is 0. The molecule has 1 aliphatic rings. The highest BCUT2D eigenvalue weighted by molar-refractivity contribution is 6.39. The standard InChI is InChI=1S/C15H15Cl2N5O/c16-11-2-1-3-12(17)15(11)20-13-8-14(19-9-18-13)22-6-4-21(10-23)5-7-22/h1-3,8-10H,4-7H2,(H,18,19,20). The molecule has 3 rings (SSSR count). The summed E-state index contributed by atoms with van der Waals surface area (Å²) in [6, 6.07) is 7.15. The van der Waals surface area contributed by atoms with Gasteiger partial charge >= 0.3 is 0 Å². The summed E-state index contributed by atoms with van der Waals surface area (Å²) in [4.78, 5) is 23.1. The lowest BCUT2D eigenvalue weighted by atomic mass is 10.3. The number of aromatic nitrogens is 2. The van der Waals surface area contributed by atoms with E-state index in [2.05, 4.69) is 20.2 Å². The Hall–Kier alpha value is -2.05. The van der Waals surface area contributed by atoms with Gasteiger partial charge in [-0.2, -0.15) is 0 Å². The fourth-order valence-electron chi connectivity index (χ4n) is 2.39. The number of piperazine rings is 1. The summed E-state index contributed by atoms with van der Waals surface area (Å²) in [6.07, 6.45) is 2.37. The number of nitrogens with one attached hydrogen (secondary N) is 1. The molecule has 0 unspecified atom stereocenters. The van der Waals surface area contributed by atoms with Gasteiger partial charge in [0.05, 0.1) is 15.7 Å². The minimum Gasteiger partial charge on any atom is -0.353 e. The first-order valence-electron chi connectivity index (χ1n) is 7.15. The topological polar surface area (TPSA) is 61.4 Å². The summed E-state index contributed by atoms with van der Waals surface area (Å²) in [6.45, 7) is 2.85. The minimum atomic E-state index is 0.525. The summed E-state index contributed by atoms with van der Waals surface area (Å²) in [7, 11) is 0. The first kappa shape index (κ1) is 15.8. The molecule has 8 heteroatoms. The number of hydrogen-bond acceptors (Lipinski definition) is 5. The van der Waals surface area contributed by atoms with E-state index in [1.54, 1.807) is 23.1 Å². The van der Waals surface area contributed by atoms with Crippen molar-refractivity contribution in [3.8, 4) is 0 Å². The normalized spacial score (nSPS) is 14.7. The first-order valence-corrected chi connectivity index (χ1v) is 7.90. The van der Waals surface area contributed by atoms with E-state index in [9.17, 15) is 4.79 Å². The third-order valence-corrected chi connectivity index (χ3v) is 4.29. The van der Waals surface area contributed by atoms with E-state index in [1.165, 1.54) is 6.33 Å². The van der Waals surface area contributed by atoms with Gasteiger partial charge in [0.25, 0.3) is 0 Å². The summed E-state index contributed by atoms with van der Waals surface area (Å²) in [5.74, 6) is 1.42. The van der Waals surface area contributed by atoms with Crippen molar-refractivity contribution in [1.29, 1.82) is 0 Å². The van der Waals surface area contributed by atoms with Gasteiger partial charge in [-0.15, -0.1) is 0 Å². The highest BCUT2D eigenvalue weighted by Crippen LogP contribution is 2.32. The van der Waals surface area contributed by atoms with E-state index in [1.807, 2.05) is 6.07 Å². The molecule has 0 aliphatic carbocycles. The Balaban J connectivity index is 1.77. The van der Waals surface area contributed by atoms with Gasteiger partial charge in [0.15, 0.2) is 0 Å². The largest absolute Gasteiger partial charge is 0.353 e. The first-order chi connectivity index (χ1) is 11.2. The van der Waals surface area contributed by atoms with Crippen molar-refractivity contribution < 1.29 is 4.79 Å². The van der Waals surface area contributed by atoms with Crippen molar-refractivity contribution in [3.63, 3.8) is 0 Å². The smallest absolute Gasteiger partial charge is 0.209 e. The molecule has 1 aliphatic heterocycles. The van der Waals surface area contributed by atoms with Crippen LogP contribution in [0.5, 0.6) is 0 Å². The molecule has 0 bridgehead atoms. The number of hydrogen-bond donors (Lipinski definition) is 1. The molecule has 1 amide bonds. The fraction of sp³-hybridized carbons (Fsp3) is 0.267. The van der Waals surface area contributed by atoms with Crippen molar-refractivity contribution in [3.05, 3.63) is 40.6 Å². The molecule has 1 aromatic heterocycles. The van der Waals surface area contributed by atoms with Crippen LogP contribution in [0.15, 0.2) is 30.6 Å². The van der Waals surface area contributed by atoms with E-state index in [-0.39, 0.29) is 0 Å². The second kappa shape index (κ2) is 7.02. The quantitative estimate of drug-likeness (QED) is 0.858. The number of carbonyl (C=O) groups is 1. The second-order valence-corrected chi connectivity index (χ2v) is 5.93. The molecule has 1 saturated heterocycles. The number of nitrogens with zero attached hydrogens (tertiary/aromatic N) is 4. The van der Waals surface area contributed by atoms with E-state index < -0.39 is 0 Å². The summed E-state index contributed by atoms with van der Waals surface area (Å²) in [5.41, 5.74) is 0.617. The maximum Gasteiger partial charge on any atom is 0.209 e. The predicted molar refractivity (Wildman–Crippen MR) is 91.6 cm³/mol. The molecule has 6 nitrogen and oxygen atoms in total. The Kier molecular flexibility index (Phi) is 4.83. The van der Waals surface area contributed by atoms with Gasteiger partial charge in [0.2, 0.25) is 6.41 Å². The van der Waals surface area contributed by atoms with Crippen molar-refractivity contribution in [2.24, 2.45) is 0 Å². The molecule has 0 saturated carbocycles. The van der Waals surface area contributed by atoms with E-state index in [0.717, 1.165) is 25.3 Å². The number of para-hydroxylation sites is 1. The molecule has 1 fully saturated rings. The molecular weight excluding hydrogens is 337 g/mol. The Morgan fingerprint density at radius 3 is 2.43 bits per heavy atom.